The van der Waals surface area contributed by atoms with E-state index in [0.717, 1.165) is 24.8 Å². The van der Waals surface area contributed by atoms with E-state index in [1.165, 1.54) is 18.5 Å². The van der Waals surface area contributed by atoms with Crippen molar-refractivity contribution in [1.82, 2.24) is 4.90 Å². The summed E-state index contributed by atoms with van der Waals surface area (Å²) in [4.78, 5) is 5.03. The maximum Gasteiger partial charge on any atom is 0.120 e. The second-order valence-corrected chi connectivity index (χ2v) is 6.65. The van der Waals surface area contributed by atoms with Crippen molar-refractivity contribution >= 4 is 5.69 Å². The maximum atomic E-state index is 6.22. The van der Waals surface area contributed by atoms with E-state index in [4.69, 9.17) is 10.5 Å². The van der Waals surface area contributed by atoms with E-state index in [9.17, 15) is 0 Å². The fourth-order valence-electron chi connectivity index (χ4n) is 3.74. The third-order valence-corrected chi connectivity index (χ3v) is 5.27. The summed E-state index contributed by atoms with van der Waals surface area (Å²) in [6.45, 7) is 4.10. The Morgan fingerprint density at radius 1 is 1.43 bits per heavy atom. The Kier molecular flexibility index (Phi) is 3.84. The van der Waals surface area contributed by atoms with Crippen molar-refractivity contribution in [2.24, 2.45) is 5.73 Å². The van der Waals surface area contributed by atoms with Gasteiger partial charge < -0.3 is 15.4 Å². The van der Waals surface area contributed by atoms with Gasteiger partial charge in [-0.2, -0.15) is 0 Å². The molecule has 0 bridgehead atoms. The van der Waals surface area contributed by atoms with Gasteiger partial charge >= 0.3 is 0 Å². The van der Waals surface area contributed by atoms with Crippen molar-refractivity contribution in [3.63, 3.8) is 0 Å². The van der Waals surface area contributed by atoms with Crippen LogP contribution in [0.25, 0.3) is 0 Å². The molecule has 2 atom stereocenters. The molecular formula is C17H27N3O. The average molecular weight is 289 g/mol. The summed E-state index contributed by atoms with van der Waals surface area (Å²) in [5.41, 5.74) is 7.44. The number of rotatable bonds is 5. The smallest absolute Gasteiger partial charge is 0.120 e. The molecule has 2 aliphatic rings. The quantitative estimate of drug-likeness (QED) is 0.901. The molecule has 2 N–H and O–H groups in total. The predicted molar refractivity (Wildman–Crippen MR) is 87.0 cm³/mol. The molecule has 3 rings (SSSR count). The van der Waals surface area contributed by atoms with Crippen LogP contribution in [0.3, 0.4) is 0 Å². The monoisotopic (exact) mass is 289 g/mol. The summed E-state index contributed by atoms with van der Waals surface area (Å²) in [6.07, 6.45) is 3.84. The van der Waals surface area contributed by atoms with Crippen LogP contribution in [-0.2, 0) is 0 Å². The van der Waals surface area contributed by atoms with E-state index in [1.54, 1.807) is 7.11 Å². The average Bonchev–Trinajstić information content (AvgIpc) is 3.30. The highest BCUT2D eigenvalue weighted by Gasteiger charge is 2.48. The van der Waals surface area contributed by atoms with Crippen LogP contribution in [0, 0.1) is 0 Å². The maximum absolute atomic E-state index is 6.22. The zero-order chi connectivity index (χ0) is 15.0. The molecule has 1 aromatic carbocycles. The van der Waals surface area contributed by atoms with E-state index < -0.39 is 0 Å². The van der Waals surface area contributed by atoms with Crippen LogP contribution in [0.15, 0.2) is 24.3 Å². The molecule has 0 spiro atoms. The number of likely N-dealkylation sites (N-methyl/N-ethyl adjacent to an activating group) is 1. The van der Waals surface area contributed by atoms with Crippen molar-refractivity contribution in [3.8, 4) is 5.75 Å². The summed E-state index contributed by atoms with van der Waals surface area (Å²) in [6, 6.07) is 9.69. The molecular weight excluding hydrogens is 262 g/mol. The van der Waals surface area contributed by atoms with Gasteiger partial charge in [0.05, 0.1) is 12.6 Å². The van der Waals surface area contributed by atoms with E-state index in [2.05, 4.69) is 35.9 Å². The summed E-state index contributed by atoms with van der Waals surface area (Å²) >= 11 is 0. The van der Waals surface area contributed by atoms with Gasteiger partial charge in [-0.3, -0.25) is 4.90 Å². The molecule has 4 heteroatoms. The molecule has 2 fully saturated rings. The van der Waals surface area contributed by atoms with Crippen LogP contribution in [0.5, 0.6) is 5.75 Å². The van der Waals surface area contributed by atoms with Gasteiger partial charge in [0.2, 0.25) is 0 Å². The lowest BCUT2D eigenvalue weighted by molar-refractivity contribution is 0.249. The normalized spacial score (nSPS) is 29.6. The molecule has 116 valence electrons. The fourth-order valence-corrected chi connectivity index (χ4v) is 3.74. The number of likely N-dealkylation sites (tertiary alicyclic amines) is 1. The third kappa shape index (κ3) is 2.62. The first-order valence-corrected chi connectivity index (χ1v) is 7.93. The molecule has 2 unspecified atom stereocenters. The van der Waals surface area contributed by atoms with Crippen LogP contribution in [-0.4, -0.2) is 49.8 Å². The molecule has 1 heterocycles. The number of hydrogen-bond donors (Lipinski definition) is 1. The lowest BCUT2D eigenvalue weighted by Crippen LogP contribution is -2.54. The van der Waals surface area contributed by atoms with E-state index in [1.807, 2.05) is 12.1 Å². The molecule has 0 radical (unpaired) electrons. The molecule has 1 saturated heterocycles. The summed E-state index contributed by atoms with van der Waals surface area (Å²) < 4.78 is 5.36. The van der Waals surface area contributed by atoms with Gasteiger partial charge in [-0.25, -0.2) is 0 Å². The van der Waals surface area contributed by atoms with E-state index in [-0.39, 0.29) is 5.54 Å². The highest BCUT2D eigenvalue weighted by Crippen LogP contribution is 2.40. The molecule has 0 amide bonds. The lowest BCUT2D eigenvalue weighted by atomic mass is 9.93. The third-order valence-electron chi connectivity index (χ3n) is 5.27. The second-order valence-electron chi connectivity index (χ2n) is 6.65. The van der Waals surface area contributed by atoms with Crippen molar-refractivity contribution in [3.05, 3.63) is 24.3 Å². The number of benzene rings is 1. The van der Waals surface area contributed by atoms with Crippen LogP contribution < -0.4 is 15.4 Å². The minimum atomic E-state index is 0.0361. The first-order chi connectivity index (χ1) is 10.1. The Labute approximate surface area is 127 Å². The first kappa shape index (κ1) is 14.7. The van der Waals surface area contributed by atoms with Crippen LogP contribution in [0.1, 0.15) is 26.2 Å². The van der Waals surface area contributed by atoms with Crippen molar-refractivity contribution in [1.29, 1.82) is 0 Å². The Bertz CT molecular complexity index is 503. The predicted octanol–water partition coefficient (Wildman–Crippen LogP) is 2.09. The van der Waals surface area contributed by atoms with Gasteiger partial charge in [-0.15, -0.1) is 0 Å². The molecule has 1 saturated carbocycles. The zero-order valence-electron chi connectivity index (χ0n) is 13.4. The molecule has 0 aromatic heterocycles. The van der Waals surface area contributed by atoms with Gasteiger partial charge in [0.15, 0.2) is 0 Å². The van der Waals surface area contributed by atoms with Gasteiger partial charge in [0.25, 0.3) is 0 Å². The van der Waals surface area contributed by atoms with Crippen LogP contribution >= 0.6 is 0 Å². The number of nitrogens with two attached hydrogens (primary N) is 1. The first-order valence-electron chi connectivity index (χ1n) is 7.93. The minimum Gasteiger partial charge on any atom is -0.497 e. The standard InChI is InChI=1S/C17H27N3O/c1-13-10-17(11-18,12-20(13)14-7-8-14)19(2)15-5-4-6-16(9-15)21-3/h4-6,9,13-14H,7-8,10-12,18H2,1-3H3. The van der Waals surface area contributed by atoms with E-state index in [0.29, 0.717) is 12.6 Å². The van der Waals surface area contributed by atoms with Gasteiger partial charge in [-0.05, 0) is 38.3 Å². The molecule has 1 aliphatic carbocycles. The lowest BCUT2D eigenvalue weighted by Gasteiger charge is -2.40. The molecule has 21 heavy (non-hydrogen) atoms. The van der Waals surface area contributed by atoms with Crippen molar-refractivity contribution in [2.75, 3.05) is 32.1 Å². The second kappa shape index (κ2) is 5.50. The minimum absolute atomic E-state index is 0.0361. The largest absolute Gasteiger partial charge is 0.497 e. The molecule has 4 nitrogen and oxygen atoms in total. The molecule has 1 aliphatic heterocycles. The zero-order valence-corrected chi connectivity index (χ0v) is 13.4. The van der Waals surface area contributed by atoms with E-state index >= 15 is 0 Å². The van der Waals surface area contributed by atoms with Gasteiger partial charge in [0, 0.05) is 44.0 Å². The number of ether oxygens (including phenoxy) is 1. The van der Waals surface area contributed by atoms with Crippen LogP contribution in [0.4, 0.5) is 5.69 Å². The highest BCUT2D eigenvalue weighted by molar-refractivity contribution is 5.53. The Morgan fingerprint density at radius 2 is 2.19 bits per heavy atom. The summed E-state index contributed by atoms with van der Waals surface area (Å²) in [5.74, 6) is 0.900. The highest BCUT2D eigenvalue weighted by atomic mass is 16.5. The topological polar surface area (TPSA) is 41.7 Å². The van der Waals surface area contributed by atoms with Crippen LogP contribution in [0.2, 0.25) is 0 Å². The summed E-state index contributed by atoms with van der Waals surface area (Å²) in [7, 11) is 3.88. The van der Waals surface area contributed by atoms with Gasteiger partial charge in [-0.1, -0.05) is 6.07 Å². The van der Waals surface area contributed by atoms with Gasteiger partial charge in [0.1, 0.15) is 5.75 Å². The Hall–Kier alpha value is -1.26. The van der Waals surface area contributed by atoms with Crippen molar-refractivity contribution < 1.29 is 4.74 Å². The van der Waals surface area contributed by atoms with Crippen molar-refractivity contribution in [2.45, 2.75) is 43.8 Å². The number of methoxy groups -OCH3 is 1. The Morgan fingerprint density at radius 3 is 2.81 bits per heavy atom. The summed E-state index contributed by atoms with van der Waals surface area (Å²) in [5, 5.41) is 0. The Balaban J connectivity index is 1.84. The number of nitrogens with zero attached hydrogens (tertiary/aromatic N) is 2. The fraction of sp³-hybridized carbons (Fsp3) is 0.647. The molecule has 1 aromatic rings. The number of anilines is 1. The SMILES string of the molecule is COc1cccc(N(C)C2(CN)CC(C)N(C3CC3)C2)c1. The number of hydrogen-bond acceptors (Lipinski definition) is 4.